The number of anilines is 1. The molecule has 0 aliphatic carbocycles. The topological polar surface area (TPSA) is 67.4 Å². The maximum Gasteiger partial charge on any atom is 0.284 e. The van der Waals surface area contributed by atoms with Crippen LogP contribution in [0.3, 0.4) is 0 Å². The van der Waals surface area contributed by atoms with Gasteiger partial charge < -0.3 is 15.0 Å². The zero-order chi connectivity index (χ0) is 12.8. The summed E-state index contributed by atoms with van der Waals surface area (Å²) in [6, 6.07) is 0. The van der Waals surface area contributed by atoms with Crippen molar-refractivity contribution in [2.45, 2.75) is 19.8 Å². The predicted octanol–water partition coefficient (Wildman–Crippen LogP) is 1.22. The highest BCUT2D eigenvalue weighted by Gasteiger charge is 2.21. The molecule has 1 aliphatic rings. The van der Waals surface area contributed by atoms with Gasteiger partial charge in [0.1, 0.15) is 0 Å². The number of ether oxygens (including phenoxy) is 1. The summed E-state index contributed by atoms with van der Waals surface area (Å²) in [5.41, 5.74) is 0. The third-order valence-electron chi connectivity index (χ3n) is 2.64. The minimum atomic E-state index is -0.0393. The van der Waals surface area contributed by atoms with Crippen LogP contribution in [0, 0.1) is 0 Å². The van der Waals surface area contributed by atoms with Crippen LogP contribution in [0.15, 0.2) is 0 Å². The Balaban J connectivity index is 1.96. The molecule has 1 fully saturated rings. The second-order valence-corrected chi connectivity index (χ2v) is 5.07. The van der Waals surface area contributed by atoms with Crippen LogP contribution in [0.1, 0.15) is 29.6 Å². The van der Waals surface area contributed by atoms with Crippen molar-refractivity contribution in [3.05, 3.63) is 5.01 Å². The number of hydrogen-bond donors (Lipinski definition) is 1. The van der Waals surface area contributed by atoms with E-state index in [1.54, 1.807) is 4.90 Å². The molecule has 0 saturated carbocycles. The maximum absolute atomic E-state index is 12.2. The third kappa shape index (κ3) is 3.39. The molecule has 1 saturated heterocycles. The van der Waals surface area contributed by atoms with Crippen LogP contribution in [0.2, 0.25) is 0 Å². The zero-order valence-corrected chi connectivity index (χ0v) is 11.3. The summed E-state index contributed by atoms with van der Waals surface area (Å²) in [5.74, 6) is -0.0393. The van der Waals surface area contributed by atoms with Crippen LogP contribution in [-0.4, -0.2) is 53.9 Å². The Hall–Kier alpha value is -1.21. The summed E-state index contributed by atoms with van der Waals surface area (Å²) >= 11 is 1.32. The van der Waals surface area contributed by atoms with Crippen molar-refractivity contribution in [3.8, 4) is 0 Å². The molecule has 0 atom stereocenters. The Morgan fingerprint density at radius 3 is 3.17 bits per heavy atom. The SMILES string of the molecule is CCCNc1nnc(C(=O)N2CCCOCC2)s1. The van der Waals surface area contributed by atoms with Crippen LogP contribution in [0.25, 0.3) is 0 Å². The van der Waals surface area contributed by atoms with Gasteiger partial charge in [-0.3, -0.25) is 4.79 Å². The van der Waals surface area contributed by atoms with Crippen molar-refractivity contribution in [2.24, 2.45) is 0 Å². The van der Waals surface area contributed by atoms with Crippen LogP contribution < -0.4 is 5.32 Å². The normalized spacial score (nSPS) is 16.4. The van der Waals surface area contributed by atoms with Gasteiger partial charge in [-0.15, -0.1) is 10.2 Å². The highest BCUT2D eigenvalue weighted by atomic mass is 32.1. The molecule has 100 valence electrons. The Labute approximate surface area is 110 Å². The summed E-state index contributed by atoms with van der Waals surface area (Å²) in [6.07, 6.45) is 1.90. The van der Waals surface area contributed by atoms with E-state index in [0.29, 0.717) is 23.3 Å². The lowest BCUT2D eigenvalue weighted by Gasteiger charge is -2.17. The number of nitrogens with one attached hydrogen (secondary N) is 1. The molecule has 0 spiro atoms. The minimum absolute atomic E-state index is 0.0393. The van der Waals surface area contributed by atoms with Crippen LogP contribution >= 0.6 is 11.3 Å². The number of rotatable bonds is 4. The molecule has 2 rings (SSSR count). The number of hydrogen-bond acceptors (Lipinski definition) is 6. The summed E-state index contributed by atoms with van der Waals surface area (Å²) < 4.78 is 5.33. The average Bonchev–Trinajstić information content (AvgIpc) is 2.69. The number of nitrogens with zero attached hydrogens (tertiary/aromatic N) is 3. The monoisotopic (exact) mass is 270 g/mol. The van der Waals surface area contributed by atoms with Crippen LogP contribution in [-0.2, 0) is 4.74 Å². The first-order valence-corrected chi connectivity index (χ1v) is 7.07. The highest BCUT2D eigenvalue weighted by molar-refractivity contribution is 7.17. The summed E-state index contributed by atoms with van der Waals surface area (Å²) in [5, 5.41) is 12.2. The molecule has 1 aliphatic heterocycles. The van der Waals surface area contributed by atoms with E-state index in [4.69, 9.17) is 4.74 Å². The largest absolute Gasteiger partial charge is 0.380 e. The lowest BCUT2D eigenvalue weighted by molar-refractivity contribution is 0.0740. The van der Waals surface area contributed by atoms with Gasteiger partial charge in [0.15, 0.2) is 0 Å². The Kier molecular flexibility index (Phi) is 4.89. The quantitative estimate of drug-likeness (QED) is 0.891. The van der Waals surface area contributed by atoms with E-state index < -0.39 is 0 Å². The molecular formula is C11H18N4O2S. The van der Waals surface area contributed by atoms with Crippen LogP contribution in [0.5, 0.6) is 0 Å². The highest BCUT2D eigenvalue weighted by Crippen LogP contribution is 2.17. The molecule has 0 aromatic carbocycles. The molecule has 1 aromatic rings. The Morgan fingerprint density at radius 2 is 2.33 bits per heavy atom. The first-order valence-electron chi connectivity index (χ1n) is 6.25. The molecule has 0 bridgehead atoms. The third-order valence-corrected chi connectivity index (χ3v) is 3.51. The van der Waals surface area contributed by atoms with Gasteiger partial charge in [0.2, 0.25) is 10.1 Å². The van der Waals surface area contributed by atoms with Gasteiger partial charge >= 0.3 is 0 Å². The molecule has 1 aromatic heterocycles. The van der Waals surface area contributed by atoms with Crippen molar-refractivity contribution in [3.63, 3.8) is 0 Å². The van der Waals surface area contributed by atoms with Crippen molar-refractivity contribution in [1.29, 1.82) is 0 Å². The molecule has 1 amide bonds. The van der Waals surface area contributed by atoms with Gasteiger partial charge in [-0.05, 0) is 12.8 Å². The fourth-order valence-electron chi connectivity index (χ4n) is 1.70. The van der Waals surface area contributed by atoms with Crippen molar-refractivity contribution in [1.82, 2.24) is 15.1 Å². The Bertz CT molecular complexity index is 388. The first-order chi connectivity index (χ1) is 8.81. The number of aromatic nitrogens is 2. The second kappa shape index (κ2) is 6.65. The zero-order valence-electron chi connectivity index (χ0n) is 10.5. The molecule has 0 radical (unpaired) electrons. The van der Waals surface area contributed by atoms with E-state index in [2.05, 4.69) is 22.4 Å². The summed E-state index contributed by atoms with van der Waals surface area (Å²) in [6.45, 7) is 5.62. The minimum Gasteiger partial charge on any atom is -0.380 e. The van der Waals surface area contributed by atoms with E-state index in [1.807, 2.05) is 0 Å². The smallest absolute Gasteiger partial charge is 0.284 e. The van der Waals surface area contributed by atoms with E-state index in [-0.39, 0.29) is 5.91 Å². The maximum atomic E-state index is 12.2. The van der Waals surface area contributed by atoms with Gasteiger partial charge in [-0.25, -0.2) is 0 Å². The second-order valence-electron chi connectivity index (χ2n) is 4.10. The van der Waals surface area contributed by atoms with Crippen molar-refractivity contribution >= 4 is 22.4 Å². The molecule has 18 heavy (non-hydrogen) atoms. The average molecular weight is 270 g/mol. The van der Waals surface area contributed by atoms with Gasteiger partial charge in [0, 0.05) is 26.2 Å². The van der Waals surface area contributed by atoms with E-state index in [9.17, 15) is 4.79 Å². The molecule has 7 heteroatoms. The van der Waals surface area contributed by atoms with Crippen molar-refractivity contribution < 1.29 is 9.53 Å². The Morgan fingerprint density at radius 1 is 1.44 bits per heavy atom. The lowest BCUT2D eigenvalue weighted by Crippen LogP contribution is -2.33. The molecule has 6 nitrogen and oxygen atoms in total. The fraction of sp³-hybridized carbons (Fsp3) is 0.727. The molecule has 2 heterocycles. The predicted molar refractivity (Wildman–Crippen MR) is 70.0 cm³/mol. The summed E-state index contributed by atoms with van der Waals surface area (Å²) in [4.78, 5) is 14.0. The molecular weight excluding hydrogens is 252 g/mol. The summed E-state index contributed by atoms with van der Waals surface area (Å²) in [7, 11) is 0. The molecule has 1 N–H and O–H groups in total. The number of amides is 1. The van der Waals surface area contributed by atoms with E-state index in [0.717, 1.165) is 32.5 Å². The van der Waals surface area contributed by atoms with Gasteiger partial charge in [0.25, 0.3) is 5.91 Å². The lowest BCUT2D eigenvalue weighted by atomic mass is 10.4. The van der Waals surface area contributed by atoms with Gasteiger partial charge in [0.05, 0.1) is 6.61 Å². The first kappa shape index (κ1) is 13.2. The fourth-order valence-corrected chi connectivity index (χ4v) is 2.43. The van der Waals surface area contributed by atoms with E-state index in [1.165, 1.54) is 11.3 Å². The number of carbonyl (C=O) groups excluding carboxylic acids is 1. The van der Waals surface area contributed by atoms with Gasteiger partial charge in [-0.2, -0.15) is 0 Å². The standard InChI is InChI=1S/C11H18N4O2S/c1-2-4-12-11-14-13-9(18-11)10(16)15-5-3-7-17-8-6-15/h2-8H2,1H3,(H,12,14). The van der Waals surface area contributed by atoms with Crippen LogP contribution in [0.4, 0.5) is 5.13 Å². The van der Waals surface area contributed by atoms with Crippen molar-refractivity contribution in [2.75, 3.05) is 38.2 Å². The van der Waals surface area contributed by atoms with Gasteiger partial charge in [-0.1, -0.05) is 18.3 Å². The van der Waals surface area contributed by atoms with E-state index >= 15 is 0 Å². The number of carbonyl (C=O) groups is 1. The molecule has 0 unspecified atom stereocenters.